The predicted molar refractivity (Wildman–Crippen MR) is 134 cm³/mol. The van der Waals surface area contributed by atoms with E-state index >= 15 is 0 Å². The Morgan fingerprint density at radius 2 is 1.89 bits per heavy atom. The van der Waals surface area contributed by atoms with Crippen LogP contribution in [0.2, 0.25) is 0 Å². The van der Waals surface area contributed by atoms with Crippen molar-refractivity contribution < 1.29 is 23.2 Å². The van der Waals surface area contributed by atoms with Gasteiger partial charge in [0.05, 0.1) is 17.5 Å². The van der Waals surface area contributed by atoms with Gasteiger partial charge in [-0.25, -0.2) is 13.6 Å². The van der Waals surface area contributed by atoms with Crippen molar-refractivity contribution in [1.29, 1.82) is 5.26 Å². The molecule has 4 rings (SSSR count). The topological polar surface area (TPSA) is 114 Å². The highest BCUT2D eigenvalue weighted by Gasteiger charge is 2.56. The zero-order valence-electron chi connectivity index (χ0n) is 20.9. The van der Waals surface area contributed by atoms with Crippen LogP contribution in [0.5, 0.6) is 0 Å². The molecule has 2 aromatic rings. The summed E-state index contributed by atoms with van der Waals surface area (Å²) in [7, 11) is 0. The summed E-state index contributed by atoms with van der Waals surface area (Å²) in [5, 5.41) is 17.6. The van der Waals surface area contributed by atoms with E-state index in [0.717, 1.165) is 17.7 Å². The monoisotopic (exact) mass is 509 g/mol. The third-order valence-electron chi connectivity index (χ3n) is 6.85. The maximum absolute atomic E-state index is 14.1. The van der Waals surface area contributed by atoms with E-state index in [2.05, 4.69) is 22.0 Å². The van der Waals surface area contributed by atoms with Gasteiger partial charge >= 0.3 is 6.03 Å². The van der Waals surface area contributed by atoms with Crippen LogP contribution in [0.4, 0.5) is 25.0 Å². The van der Waals surface area contributed by atoms with Gasteiger partial charge in [0.15, 0.2) is 0 Å². The first kappa shape index (κ1) is 26.2. The van der Waals surface area contributed by atoms with Crippen LogP contribution in [0.3, 0.4) is 0 Å². The molecule has 3 amide bonds. The van der Waals surface area contributed by atoms with Gasteiger partial charge in [-0.1, -0.05) is 45.0 Å². The molecule has 0 bridgehead atoms. The molecule has 0 radical (unpaired) electrons. The van der Waals surface area contributed by atoms with E-state index < -0.39 is 45.8 Å². The fraction of sp³-hybridized carbons (Fsp3) is 0.407. The van der Waals surface area contributed by atoms with Gasteiger partial charge in [0, 0.05) is 18.8 Å². The smallest absolute Gasteiger partial charge is 0.320 e. The van der Waals surface area contributed by atoms with Gasteiger partial charge < -0.3 is 20.7 Å². The second kappa shape index (κ2) is 9.56. The molecule has 2 aliphatic heterocycles. The standard InChI is InChI=1S/C27H29F2N5O3/c1-25(2,3)13-26(16-35,33-24(37)32-22-19(28)8-6-9-20(22)29)14-34-15-27(11-17(34)12-30)18-7-4-5-10-21(18)31-23(27)36/h4-10,16-17H,11,13-15H2,1-3H3,(H,31,36)(H2,32,33,37)/t17-,26+,27-/m0/s1. The highest BCUT2D eigenvalue weighted by molar-refractivity contribution is 6.06. The molecule has 194 valence electrons. The summed E-state index contributed by atoms with van der Waals surface area (Å²) in [5.41, 5.74) is -2.09. The Balaban J connectivity index is 1.63. The maximum atomic E-state index is 14.1. The lowest BCUT2D eigenvalue weighted by Gasteiger charge is -2.38. The first-order valence-electron chi connectivity index (χ1n) is 12.0. The predicted octanol–water partition coefficient (Wildman–Crippen LogP) is 3.95. The fourth-order valence-corrected chi connectivity index (χ4v) is 5.55. The Morgan fingerprint density at radius 1 is 1.22 bits per heavy atom. The van der Waals surface area contributed by atoms with Gasteiger partial charge in [-0.2, -0.15) is 5.26 Å². The summed E-state index contributed by atoms with van der Waals surface area (Å²) in [6.07, 6.45) is 0.988. The zero-order chi connectivity index (χ0) is 27.0. The van der Waals surface area contributed by atoms with Crippen LogP contribution in [0.1, 0.15) is 39.2 Å². The van der Waals surface area contributed by atoms with Gasteiger partial charge in [-0.15, -0.1) is 0 Å². The molecular weight excluding hydrogens is 480 g/mol. The number of para-hydroxylation sites is 2. The molecule has 8 nitrogen and oxygen atoms in total. The number of halogens is 2. The van der Waals surface area contributed by atoms with E-state index in [1.807, 2.05) is 39.0 Å². The summed E-state index contributed by atoms with van der Waals surface area (Å²) < 4.78 is 28.2. The van der Waals surface area contributed by atoms with Gasteiger partial charge in [-0.05, 0) is 42.0 Å². The van der Waals surface area contributed by atoms with E-state index in [1.165, 1.54) is 6.07 Å². The number of carbonyl (C=O) groups excluding carboxylic acids is 3. The molecule has 37 heavy (non-hydrogen) atoms. The number of carbonyl (C=O) groups is 3. The van der Waals surface area contributed by atoms with Crippen LogP contribution < -0.4 is 16.0 Å². The molecule has 0 aliphatic carbocycles. The Labute approximate surface area is 214 Å². The van der Waals surface area contributed by atoms with E-state index in [9.17, 15) is 28.4 Å². The van der Waals surface area contributed by atoms with Gasteiger partial charge in [0.1, 0.15) is 29.1 Å². The molecule has 1 fully saturated rings. The number of rotatable bonds is 6. The number of benzene rings is 2. The summed E-state index contributed by atoms with van der Waals surface area (Å²) in [5.74, 6) is -2.14. The number of nitrogens with zero attached hydrogens (tertiary/aromatic N) is 2. The molecule has 10 heteroatoms. The van der Waals surface area contributed by atoms with Gasteiger partial charge in [-0.3, -0.25) is 9.69 Å². The molecule has 0 aromatic heterocycles. The largest absolute Gasteiger partial charge is 0.325 e. The Hall–Kier alpha value is -3.84. The molecule has 1 spiro atoms. The van der Waals surface area contributed by atoms with Crippen LogP contribution >= 0.6 is 0 Å². The fourth-order valence-electron chi connectivity index (χ4n) is 5.55. The van der Waals surface area contributed by atoms with E-state index in [1.54, 1.807) is 11.0 Å². The number of aldehydes is 1. The molecule has 2 aromatic carbocycles. The number of nitriles is 1. The number of likely N-dealkylation sites (tertiary alicyclic amines) is 1. The van der Waals surface area contributed by atoms with E-state index in [4.69, 9.17) is 0 Å². The Bertz CT molecular complexity index is 1270. The van der Waals surface area contributed by atoms with Crippen LogP contribution in [0.25, 0.3) is 0 Å². The van der Waals surface area contributed by atoms with Crippen LogP contribution in [-0.4, -0.2) is 47.8 Å². The summed E-state index contributed by atoms with van der Waals surface area (Å²) in [6.45, 7) is 5.75. The van der Waals surface area contributed by atoms with Crippen molar-refractivity contribution >= 4 is 29.6 Å². The minimum Gasteiger partial charge on any atom is -0.325 e. The minimum absolute atomic E-state index is 0.0730. The van der Waals surface area contributed by atoms with E-state index in [-0.39, 0.29) is 31.8 Å². The molecule has 1 saturated heterocycles. The number of hydrogen-bond acceptors (Lipinski definition) is 5. The third kappa shape index (κ3) is 5.04. The second-order valence-electron chi connectivity index (χ2n) is 11.0. The summed E-state index contributed by atoms with van der Waals surface area (Å²) in [4.78, 5) is 40.3. The summed E-state index contributed by atoms with van der Waals surface area (Å²) >= 11 is 0. The van der Waals surface area contributed by atoms with Crippen molar-refractivity contribution in [2.75, 3.05) is 23.7 Å². The lowest BCUT2D eigenvalue weighted by Crippen LogP contribution is -2.60. The molecule has 0 saturated carbocycles. The number of amides is 3. The van der Waals surface area contributed by atoms with Gasteiger partial charge in [0.2, 0.25) is 5.91 Å². The van der Waals surface area contributed by atoms with Crippen molar-refractivity contribution in [3.05, 3.63) is 59.7 Å². The van der Waals surface area contributed by atoms with Crippen molar-refractivity contribution in [3.8, 4) is 6.07 Å². The molecule has 0 unspecified atom stereocenters. The molecule has 2 aliphatic rings. The molecule has 2 heterocycles. The average molecular weight is 510 g/mol. The van der Waals surface area contributed by atoms with Gasteiger partial charge in [0.25, 0.3) is 0 Å². The Kier molecular flexibility index (Phi) is 6.78. The van der Waals surface area contributed by atoms with Crippen molar-refractivity contribution in [3.63, 3.8) is 0 Å². The molecular formula is C27H29F2N5O3. The molecule has 3 N–H and O–H groups in total. The first-order chi connectivity index (χ1) is 17.4. The molecule has 3 atom stereocenters. The number of nitrogens with one attached hydrogen (secondary N) is 3. The quantitative estimate of drug-likeness (QED) is 0.511. The number of fused-ring (bicyclic) bond motifs is 2. The van der Waals surface area contributed by atoms with E-state index in [0.29, 0.717) is 12.0 Å². The SMILES string of the molecule is CC(C)(C)C[C@](C=O)(CN1C[C@]2(C[C@H]1C#N)C(=O)Nc1ccccc12)NC(=O)Nc1c(F)cccc1F. The number of urea groups is 1. The highest BCUT2D eigenvalue weighted by atomic mass is 19.1. The maximum Gasteiger partial charge on any atom is 0.320 e. The lowest BCUT2D eigenvalue weighted by atomic mass is 9.79. The van der Waals surface area contributed by atoms with Crippen molar-refractivity contribution in [1.82, 2.24) is 10.2 Å². The van der Waals surface area contributed by atoms with Crippen LogP contribution in [-0.2, 0) is 15.0 Å². The summed E-state index contributed by atoms with van der Waals surface area (Å²) in [6, 6.07) is 11.0. The third-order valence-corrected chi connectivity index (χ3v) is 6.85. The highest BCUT2D eigenvalue weighted by Crippen LogP contribution is 2.46. The zero-order valence-corrected chi connectivity index (χ0v) is 20.9. The number of anilines is 2. The van der Waals surface area contributed by atoms with Crippen LogP contribution in [0, 0.1) is 28.4 Å². The normalized spacial score (nSPS) is 22.6. The lowest BCUT2D eigenvalue weighted by molar-refractivity contribution is -0.120. The Morgan fingerprint density at radius 3 is 2.51 bits per heavy atom. The average Bonchev–Trinajstić information content (AvgIpc) is 3.32. The first-order valence-corrected chi connectivity index (χ1v) is 12.0. The second-order valence-corrected chi connectivity index (χ2v) is 11.0. The minimum atomic E-state index is -1.51. The van der Waals surface area contributed by atoms with Crippen molar-refractivity contribution in [2.45, 2.75) is 50.6 Å². The number of hydrogen-bond donors (Lipinski definition) is 3. The van der Waals surface area contributed by atoms with Crippen molar-refractivity contribution in [2.24, 2.45) is 5.41 Å². The van der Waals surface area contributed by atoms with Crippen LogP contribution in [0.15, 0.2) is 42.5 Å².